The summed E-state index contributed by atoms with van der Waals surface area (Å²) < 4.78 is 0. The second-order valence-electron chi connectivity index (χ2n) is 7.30. The normalized spacial score (nSPS) is 19.8. The molecule has 0 aliphatic heterocycles. The van der Waals surface area contributed by atoms with Crippen molar-refractivity contribution >= 4 is 11.9 Å². The Morgan fingerprint density at radius 3 is 2.54 bits per heavy atom. The number of aromatic amines is 1. The maximum absolute atomic E-state index is 12.1. The molecule has 0 fully saturated rings. The molecule has 2 aliphatic carbocycles. The summed E-state index contributed by atoms with van der Waals surface area (Å²) in [6, 6.07) is 0.540. The molecule has 1 atom stereocenters. The Morgan fingerprint density at radius 1 is 1.12 bits per heavy atom. The minimum atomic E-state index is 0.309. The van der Waals surface area contributed by atoms with Crippen LogP contribution >= 0.6 is 0 Å². The van der Waals surface area contributed by atoms with Crippen molar-refractivity contribution < 1.29 is 4.79 Å². The molecule has 1 aromatic heterocycles. The first-order valence-corrected chi connectivity index (χ1v) is 9.90. The number of aromatic nitrogens is 1. The van der Waals surface area contributed by atoms with Crippen molar-refractivity contribution in [2.24, 2.45) is 0 Å². The van der Waals surface area contributed by atoms with Gasteiger partial charge in [-0.3, -0.25) is 9.69 Å². The van der Waals surface area contributed by atoms with Gasteiger partial charge in [-0.25, -0.2) is 0 Å². The van der Waals surface area contributed by atoms with Gasteiger partial charge in [0.05, 0.1) is 6.04 Å². The van der Waals surface area contributed by atoms with Crippen LogP contribution in [0.2, 0.25) is 0 Å². The van der Waals surface area contributed by atoms with Crippen molar-refractivity contribution in [1.29, 1.82) is 0 Å². The zero-order valence-electron chi connectivity index (χ0n) is 15.6. The van der Waals surface area contributed by atoms with Crippen LogP contribution in [0.5, 0.6) is 0 Å². The summed E-state index contributed by atoms with van der Waals surface area (Å²) in [5.74, 6) is 0.309. The first-order chi connectivity index (χ1) is 11.7. The Balaban J connectivity index is 1.94. The van der Waals surface area contributed by atoms with Gasteiger partial charge in [0.1, 0.15) is 0 Å². The Hall–Kier alpha value is -1.35. The van der Waals surface area contributed by atoms with E-state index in [0.717, 1.165) is 18.4 Å². The lowest BCUT2D eigenvalue weighted by atomic mass is 9.85. The molecule has 3 nitrogen and oxygen atoms in total. The van der Waals surface area contributed by atoms with Crippen LogP contribution in [0.3, 0.4) is 0 Å². The number of H-pyrrole nitrogens is 1. The molecule has 0 aromatic carbocycles. The molecule has 1 heterocycles. The van der Waals surface area contributed by atoms with Gasteiger partial charge < -0.3 is 4.98 Å². The van der Waals surface area contributed by atoms with Crippen LogP contribution in [0.1, 0.15) is 87.9 Å². The van der Waals surface area contributed by atoms with Crippen molar-refractivity contribution in [3.63, 3.8) is 0 Å². The fraction of sp³-hybridized carbons (Fsp3) is 0.667. The van der Waals surface area contributed by atoms with Crippen LogP contribution in [0.4, 0.5) is 0 Å². The maximum atomic E-state index is 12.1. The maximum Gasteiger partial charge on any atom is 0.158 e. The third-order valence-corrected chi connectivity index (χ3v) is 5.63. The average Bonchev–Trinajstić information content (AvgIpc) is 2.98. The minimum Gasteiger partial charge on any atom is -0.357 e. The number of nitrogens with one attached hydrogen (secondary N) is 1. The van der Waals surface area contributed by atoms with Gasteiger partial charge in [-0.05, 0) is 80.8 Å². The summed E-state index contributed by atoms with van der Waals surface area (Å²) >= 11 is 0. The van der Waals surface area contributed by atoms with E-state index in [1.165, 1.54) is 62.1 Å². The summed E-state index contributed by atoms with van der Waals surface area (Å²) in [5, 5.41) is 0. The third kappa shape index (κ3) is 3.23. The van der Waals surface area contributed by atoms with E-state index in [-0.39, 0.29) is 0 Å². The second-order valence-corrected chi connectivity index (χ2v) is 7.30. The lowest BCUT2D eigenvalue weighted by Crippen LogP contribution is -2.32. The Bertz CT molecular complexity index is 620. The van der Waals surface area contributed by atoms with Crippen molar-refractivity contribution in [1.82, 2.24) is 9.88 Å². The molecule has 1 N–H and O–H groups in total. The van der Waals surface area contributed by atoms with E-state index in [4.69, 9.17) is 0 Å². The molecule has 0 radical (unpaired) electrons. The van der Waals surface area contributed by atoms with Crippen LogP contribution in [0, 0.1) is 0 Å². The summed E-state index contributed by atoms with van der Waals surface area (Å²) in [7, 11) is 0. The van der Waals surface area contributed by atoms with E-state index in [1.807, 2.05) is 6.92 Å². The molecule has 0 saturated carbocycles. The van der Waals surface area contributed by atoms with Gasteiger partial charge in [0.2, 0.25) is 0 Å². The highest BCUT2D eigenvalue weighted by Gasteiger charge is 2.31. The molecule has 0 amide bonds. The summed E-state index contributed by atoms with van der Waals surface area (Å²) in [6.45, 7) is 8.87. The van der Waals surface area contributed by atoms with Gasteiger partial charge in [0.15, 0.2) is 5.78 Å². The van der Waals surface area contributed by atoms with Gasteiger partial charge in [-0.15, -0.1) is 0 Å². The van der Waals surface area contributed by atoms with Crippen LogP contribution in [0.25, 0.3) is 6.08 Å². The van der Waals surface area contributed by atoms with Crippen LogP contribution in [0.15, 0.2) is 5.57 Å². The molecule has 24 heavy (non-hydrogen) atoms. The topological polar surface area (TPSA) is 36.1 Å². The molecular weight excluding hydrogens is 296 g/mol. The van der Waals surface area contributed by atoms with Gasteiger partial charge >= 0.3 is 0 Å². The number of rotatable bonds is 7. The van der Waals surface area contributed by atoms with Gasteiger partial charge in [-0.2, -0.15) is 0 Å². The number of carbonyl (C=O) groups excluding carboxylic acids is 1. The number of ketones is 1. The number of allylic oxidation sites excluding steroid dienone is 1. The molecule has 2 aliphatic rings. The van der Waals surface area contributed by atoms with Crippen molar-refractivity contribution in [2.45, 2.75) is 78.2 Å². The molecular formula is C21H32N2O. The molecule has 0 bridgehead atoms. The number of Topliss-reactive ketones (excluding diaryl/α,β-unsaturated/α-hetero) is 1. The number of carbonyl (C=O) groups is 1. The van der Waals surface area contributed by atoms with E-state index in [2.05, 4.69) is 29.8 Å². The number of hydrogen-bond donors (Lipinski definition) is 1. The van der Waals surface area contributed by atoms with E-state index >= 15 is 0 Å². The number of fused-ring (bicyclic) bond motifs is 3. The highest BCUT2D eigenvalue weighted by atomic mass is 16.1. The van der Waals surface area contributed by atoms with E-state index in [0.29, 0.717) is 18.2 Å². The van der Waals surface area contributed by atoms with Crippen molar-refractivity contribution in [3.05, 3.63) is 28.1 Å². The van der Waals surface area contributed by atoms with Crippen LogP contribution in [-0.2, 0) is 17.6 Å². The first kappa shape index (κ1) is 17.5. The van der Waals surface area contributed by atoms with Crippen LogP contribution < -0.4 is 0 Å². The standard InChI is InChI=1S/C21H32N2O/c1-4-12-23(13-5-2)19-9-7-8-17-16-11-10-15(20(24)6-3)14-18(16)22-21(17)19/h14,19,22H,4-13H2,1-3H3. The molecule has 0 spiro atoms. The van der Waals surface area contributed by atoms with Gasteiger partial charge in [-0.1, -0.05) is 20.8 Å². The lowest BCUT2D eigenvalue weighted by molar-refractivity contribution is -0.115. The lowest BCUT2D eigenvalue weighted by Gasteiger charge is -2.34. The second kappa shape index (κ2) is 7.69. The Kier molecular flexibility index (Phi) is 5.60. The highest BCUT2D eigenvalue weighted by molar-refractivity contribution is 5.99. The quantitative estimate of drug-likeness (QED) is 0.779. The third-order valence-electron chi connectivity index (χ3n) is 5.63. The largest absolute Gasteiger partial charge is 0.357 e. The van der Waals surface area contributed by atoms with E-state index in [1.54, 1.807) is 5.56 Å². The molecule has 132 valence electrons. The van der Waals surface area contributed by atoms with Gasteiger partial charge in [0.25, 0.3) is 0 Å². The monoisotopic (exact) mass is 328 g/mol. The zero-order chi connectivity index (χ0) is 17.1. The molecule has 3 heteroatoms. The van der Waals surface area contributed by atoms with E-state index < -0.39 is 0 Å². The fourth-order valence-electron chi connectivity index (χ4n) is 4.53. The Morgan fingerprint density at radius 2 is 1.88 bits per heavy atom. The SMILES string of the molecule is CCCN(CCC)C1CCCc2c1[nH]c1c2CCC(C(=O)CC)=C1. The predicted octanol–water partition coefficient (Wildman–Crippen LogP) is 4.82. The predicted molar refractivity (Wildman–Crippen MR) is 100 cm³/mol. The van der Waals surface area contributed by atoms with Crippen molar-refractivity contribution in [2.75, 3.05) is 13.1 Å². The summed E-state index contributed by atoms with van der Waals surface area (Å²) in [5.41, 5.74) is 6.75. The fourth-order valence-corrected chi connectivity index (χ4v) is 4.53. The number of hydrogen-bond acceptors (Lipinski definition) is 2. The summed E-state index contributed by atoms with van der Waals surface area (Å²) in [4.78, 5) is 18.5. The summed E-state index contributed by atoms with van der Waals surface area (Å²) in [6.07, 6.45) is 10.9. The zero-order valence-corrected chi connectivity index (χ0v) is 15.6. The molecule has 0 saturated heterocycles. The first-order valence-electron chi connectivity index (χ1n) is 9.90. The van der Waals surface area contributed by atoms with Crippen molar-refractivity contribution in [3.8, 4) is 0 Å². The average molecular weight is 329 g/mol. The smallest absolute Gasteiger partial charge is 0.158 e. The van der Waals surface area contributed by atoms with Gasteiger partial charge in [0, 0.05) is 17.8 Å². The molecule has 1 aromatic rings. The Labute approximate surface area is 146 Å². The van der Waals surface area contributed by atoms with Crippen LogP contribution in [-0.4, -0.2) is 28.8 Å². The van der Waals surface area contributed by atoms with E-state index in [9.17, 15) is 4.79 Å². The number of nitrogens with zero attached hydrogens (tertiary/aromatic N) is 1. The highest BCUT2D eigenvalue weighted by Crippen LogP contribution is 2.40. The molecule has 1 unspecified atom stereocenters. The molecule has 3 rings (SSSR count). The minimum absolute atomic E-state index is 0.309.